The van der Waals surface area contributed by atoms with Gasteiger partial charge in [0.2, 0.25) is 0 Å². The van der Waals surface area contributed by atoms with Crippen molar-refractivity contribution in [3.63, 3.8) is 0 Å². The van der Waals surface area contributed by atoms with Crippen LogP contribution in [0.3, 0.4) is 0 Å². The van der Waals surface area contributed by atoms with Crippen molar-refractivity contribution in [1.29, 1.82) is 0 Å². The summed E-state index contributed by atoms with van der Waals surface area (Å²) in [6, 6.07) is 0. The lowest BCUT2D eigenvalue weighted by Crippen LogP contribution is -2.24. The molecule has 0 saturated heterocycles. The number of allylic oxidation sites excluding steroid dienone is 1. The Kier molecular flexibility index (Phi) is 3.52. The van der Waals surface area contributed by atoms with E-state index in [2.05, 4.69) is 23.9 Å². The van der Waals surface area contributed by atoms with Crippen molar-refractivity contribution in [2.75, 3.05) is 11.9 Å². The predicted octanol–water partition coefficient (Wildman–Crippen LogP) is 2.15. The molecule has 0 radical (unpaired) electrons. The molecule has 1 heterocycles. The second kappa shape index (κ2) is 4.92. The van der Waals surface area contributed by atoms with Gasteiger partial charge in [-0.05, 0) is 18.3 Å². The van der Waals surface area contributed by atoms with Gasteiger partial charge in [-0.2, -0.15) is 5.10 Å². The Morgan fingerprint density at radius 2 is 2.47 bits per heavy atom. The molecule has 4 nitrogen and oxygen atoms in total. The molecule has 2 unspecified atom stereocenters. The first-order valence-corrected chi connectivity index (χ1v) is 6.11. The molecule has 0 aliphatic heterocycles. The monoisotopic (exact) mass is 253 g/mol. The zero-order valence-electron chi connectivity index (χ0n) is 9.82. The van der Waals surface area contributed by atoms with Crippen LogP contribution in [0.25, 0.3) is 0 Å². The summed E-state index contributed by atoms with van der Waals surface area (Å²) in [6.45, 7) is 7.01. The zero-order valence-corrected chi connectivity index (χ0v) is 10.6. The highest BCUT2D eigenvalue weighted by atomic mass is 35.5. The van der Waals surface area contributed by atoms with Gasteiger partial charge in [0, 0.05) is 6.54 Å². The van der Waals surface area contributed by atoms with Crippen molar-refractivity contribution in [1.82, 2.24) is 9.78 Å². The normalized spacial score (nSPS) is 22.2. The number of rotatable bonds is 5. The van der Waals surface area contributed by atoms with Gasteiger partial charge in [-0.3, -0.25) is 4.79 Å². The van der Waals surface area contributed by atoms with Gasteiger partial charge in [0.25, 0.3) is 5.56 Å². The lowest BCUT2D eigenvalue weighted by Gasteiger charge is -2.08. The summed E-state index contributed by atoms with van der Waals surface area (Å²) in [4.78, 5) is 11.8. The van der Waals surface area contributed by atoms with E-state index in [9.17, 15) is 4.79 Å². The van der Waals surface area contributed by atoms with Crippen molar-refractivity contribution < 1.29 is 0 Å². The number of aromatic nitrogens is 2. The first kappa shape index (κ1) is 12.2. The Morgan fingerprint density at radius 3 is 3.06 bits per heavy atom. The summed E-state index contributed by atoms with van der Waals surface area (Å²) in [5.41, 5.74) is 0.344. The molecular formula is C12H16ClN3O. The van der Waals surface area contributed by atoms with Crippen LogP contribution in [-0.2, 0) is 6.54 Å². The molecule has 0 aromatic carbocycles. The van der Waals surface area contributed by atoms with Crippen LogP contribution in [0.1, 0.15) is 13.3 Å². The smallest absolute Gasteiger partial charge is 0.287 e. The highest BCUT2D eigenvalue weighted by Gasteiger charge is 2.32. The molecule has 92 valence electrons. The number of hydrogen-bond donors (Lipinski definition) is 1. The summed E-state index contributed by atoms with van der Waals surface area (Å²) in [6.07, 6.45) is 4.45. The van der Waals surface area contributed by atoms with E-state index in [4.69, 9.17) is 11.6 Å². The largest absolute Gasteiger partial charge is 0.382 e. The Labute approximate surface area is 105 Å². The fourth-order valence-corrected chi connectivity index (χ4v) is 1.98. The number of nitrogens with zero attached hydrogens (tertiary/aromatic N) is 2. The molecular weight excluding hydrogens is 238 g/mol. The fourth-order valence-electron chi connectivity index (χ4n) is 1.77. The first-order valence-electron chi connectivity index (χ1n) is 5.74. The van der Waals surface area contributed by atoms with Crippen molar-refractivity contribution in [2.45, 2.75) is 19.9 Å². The van der Waals surface area contributed by atoms with Crippen LogP contribution in [0.2, 0.25) is 5.02 Å². The molecule has 1 aliphatic carbocycles. The Hall–Kier alpha value is -1.29. The minimum absolute atomic E-state index is 0.204. The maximum absolute atomic E-state index is 11.8. The van der Waals surface area contributed by atoms with Crippen molar-refractivity contribution in [2.24, 2.45) is 11.8 Å². The summed E-state index contributed by atoms with van der Waals surface area (Å²) in [7, 11) is 0. The second-order valence-corrected chi connectivity index (χ2v) is 4.88. The zero-order chi connectivity index (χ0) is 12.4. The van der Waals surface area contributed by atoms with Gasteiger partial charge in [0.1, 0.15) is 5.02 Å². The number of hydrogen-bond acceptors (Lipinski definition) is 3. The number of nitrogens with one attached hydrogen (secondary N) is 1. The van der Waals surface area contributed by atoms with Gasteiger partial charge < -0.3 is 5.32 Å². The van der Waals surface area contributed by atoms with Crippen LogP contribution >= 0.6 is 11.6 Å². The Bertz CT molecular complexity index is 483. The highest BCUT2D eigenvalue weighted by molar-refractivity contribution is 6.32. The van der Waals surface area contributed by atoms with E-state index in [1.165, 1.54) is 11.1 Å². The summed E-state index contributed by atoms with van der Waals surface area (Å²) < 4.78 is 1.29. The third-order valence-electron chi connectivity index (χ3n) is 3.12. The van der Waals surface area contributed by atoms with E-state index >= 15 is 0 Å². The molecule has 5 heteroatoms. The molecule has 1 aromatic rings. The Balaban J connectivity index is 2.10. The molecule has 2 rings (SSSR count). The number of anilines is 1. The molecule has 0 spiro atoms. The quantitative estimate of drug-likeness (QED) is 0.818. The minimum Gasteiger partial charge on any atom is -0.382 e. The molecule has 0 amide bonds. The van der Waals surface area contributed by atoms with Crippen LogP contribution in [0, 0.1) is 11.8 Å². The van der Waals surface area contributed by atoms with Gasteiger partial charge in [-0.1, -0.05) is 24.6 Å². The third kappa shape index (κ3) is 2.69. The Morgan fingerprint density at radius 1 is 1.76 bits per heavy atom. The summed E-state index contributed by atoms with van der Waals surface area (Å²) >= 11 is 6.00. The molecule has 1 saturated carbocycles. The standard InChI is InChI=1S/C12H16ClN3O/c1-3-4-16-12(17)11(13)10(7-15-16)14-6-9-5-8(9)2/h3,7-9,14H,1,4-6H2,2H3. The van der Waals surface area contributed by atoms with Gasteiger partial charge in [0.05, 0.1) is 18.4 Å². The third-order valence-corrected chi connectivity index (χ3v) is 3.48. The topological polar surface area (TPSA) is 46.9 Å². The van der Waals surface area contributed by atoms with Gasteiger partial charge in [-0.15, -0.1) is 6.58 Å². The lowest BCUT2D eigenvalue weighted by atomic mass is 10.3. The van der Waals surface area contributed by atoms with Crippen molar-refractivity contribution in [3.05, 3.63) is 34.2 Å². The van der Waals surface area contributed by atoms with Gasteiger partial charge in [0.15, 0.2) is 0 Å². The number of halogens is 1. The van der Waals surface area contributed by atoms with Gasteiger partial charge >= 0.3 is 0 Å². The van der Waals surface area contributed by atoms with E-state index in [1.54, 1.807) is 12.3 Å². The molecule has 0 bridgehead atoms. The lowest BCUT2D eigenvalue weighted by molar-refractivity contribution is 0.652. The average molecular weight is 254 g/mol. The van der Waals surface area contributed by atoms with Crippen LogP contribution in [-0.4, -0.2) is 16.3 Å². The van der Waals surface area contributed by atoms with Crippen LogP contribution in [0.15, 0.2) is 23.6 Å². The molecule has 17 heavy (non-hydrogen) atoms. The molecule has 1 aromatic heterocycles. The fraction of sp³-hybridized carbons (Fsp3) is 0.500. The molecule has 1 N–H and O–H groups in total. The van der Waals surface area contributed by atoms with E-state index in [0.29, 0.717) is 18.2 Å². The maximum atomic E-state index is 11.8. The summed E-state index contributed by atoms with van der Waals surface area (Å²) in [5, 5.41) is 7.42. The SMILES string of the molecule is C=CCn1ncc(NCC2CC2C)c(Cl)c1=O. The molecule has 2 atom stereocenters. The van der Waals surface area contributed by atoms with E-state index < -0.39 is 0 Å². The molecule has 1 fully saturated rings. The maximum Gasteiger partial charge on any atom is 0.287 e. The van der Waals surface area contributed by atoms with Gasteiger partial charge in [-0.25, -0.2) is 4.68 Å². The van der Waals surface area contributed by atoms with Crippen LogP contribution < -0.4 is 10.9 Å². The highest BCUT2D eigenvalue weighted by Crippen LogP contribution is 2.37. The second-order valence-electron chi connectivity index (χ2n) is 4.50. The van der Waals surface area contributed by atoms with Crippen molar-refractivity contribution in [3.8, 4) is 0 Å². The predicted molar refractivity (Wildman–Crippen MR) is 69.5 cm³/mol. The van der Waals surface area contributed by atoms with E-state index in [-0.39, 0.29) is 10.6 Å². The summed E-state index contributed by atoms with van der Waals surface area (Å²) in [5.74, 6) is 1.47. The first-order chi connectivity index (χ1) is 8.13. The van der Waals surface area contributed by atoms with E-state index in [1.807, 2.05) is 0 Å². The van der Waals surface area contributed by atoms with E-state index in [0.717, 1.165) is 12.5 Å². The minimum atomic E-state index is -0.277. The van der Waals surface area contributed by atoms with Crippen molar-refractivity contribution >= 4 is 17.3 Å². The average Bonchev–Trinajstić information content (AvgIpc) is 3.01. The molecule has 1 aliphatic rings. The van der Waals surface area contributed by atoms with Crippen LogP contribution in [0.4, 0.5) is 5.69 Å². The van der Waals surface area contributed by atoms with Crippen LogP contribution in [0.5, 0.6) is 0 Å².